The lowest BCUT2D eigenvalue weighted by atomic mass is 10.1. The van der Waals surface area contributed by atoms with Crippen LogP contribution in [0.5, 0.6) is 5.75 Å². The molecule has 0 aromatic heterocycles. The summed E-state index contributed by atoms with van der Waals surface area (Å²) in [4.78, 5) is 15.1. The third-order valence-corrected chi connectivity index (χ3v) is 6.85. The highest BCUT2D eigenvalue weighted by molar-refractivity contribution is 7.91. The Bertz CT molecular complexity index is 960. The van der Waals surface area contributed by atoms with Crippen LogP contribution in [0.2, 0.25) is 5.02 Å². The van der Waals surface area contributed by atoms with Gasteiger partial charge in [-0.1, -0.05) is 30.7 Å². The second-order valence-corrected chi connectivity index (χ2v) is 9.93. The van der Waals surface area contributed by atoms with Gasteiger partial charge in [0, 0.05) is 30.7 Å². The van der Waals surface area contributed by atoms with Gasteiger partial charge in [0.2, 0.25) is 0 Å². The van der Waals surface area contributed by atoms with E-state index in [0.29, 0.717) is 23.9 Å². The Labute approximate surface area is 184 Å². The Morgan fingerprint density at radius 1 is 1.17 bits per heavy atom. The minimum Gasteiger partial charge on any atom is -0.496 e. The average Bonchev–Trinajstić information content (AvgIpc) is 2.73. The Kier molecular flexibility index (Phi) is 8.70. The maximum Gasteiger partial charge on any atom is 0.255 e. The second-order valence-electron chi connectivity index (χ2n) is 7.21. The molecule has 2 aromatic carbocycles. The van der Waals surface area contributed by atoms with E-state index in [2.05, 4.69) is 24.1 Å². The monoisotopic (exact) mass is 452 g/mol. The number of halogens is 1. The zero-order valence-electron chi connectivity index (χ0n) is 17.8. The topological polar surface area (TPSA) is 75.7 Å². The van der Waals surface area contributed by atoms with Crippen molar-refractivity contribution in [1.29, 1.82) is 0 Å². The normalized spacial score (nSPS) is 11.7. The Balaban J connectivity index is 2.06. The molecule has 30 heavy (non-hydrogen) atoms. The number of hydrogen-bond donors (Lipinski definition) is 1. The van der Waals surface area contributed by atoms with Gasteiger partial charge < -0.3 is 10.1 Å². The number of carbonyl (C=O) groups excluding carboxylic acids is 1. The van der Waals surface area contributed by atoms with Crippen LogP contribution < -0.4 is 10.1 Å². The summed E-state index contributed by atoms with van der Waals surface area (Å²) in [6.45, 7) is 7.55. The molecule has 0 heterocycles. The summed E-state index contributed by atoms with van der Waals surface area (Å²) in [6, 6.07) is 12.3. The fourth-order valence-electron chi connectivity index (χ4n) is 2.98. The van der Waals surface area contributed by atoms with Gasteiger partial charge in [-0.25, -0.2) is 8.42 Å². The van der Waals surface area contributed by atoms with Crippen molar-refractivity contribution in [3.63, 3.8) is 0 Å². The zero-order valence-corrected chi connectivity index (χ0v) is 19.4. The predicted octanol–water partition coefficient (Wildman–Crippen LogP) is 3.78. The van der Waals surface area contributed by atoms with Gasteiger partial charge in [-0.15, -0.1) is 0 Å². The third-order valence-electron chi connectivity index (χ3n) is 4.87. The summed E-state index contributed by atoms with van der Waals surface area (Å²) in [6.07, 6.45) is 0. The third kappa shape index (κ3) is 6.45. The van der Waals surface area contributed by atoms with Gasteiger partial charge in [0.05, 0.1) is 23.3 Å². The van der Waals surface area contributed by atoms with Crippen molar-refractivity contribution in [3.05, 3.63) is 58.6 Å². The number of rotatable bonds is 10. The van der Waals surface area contributed by atoms with Crippen LogP contribution in [0.25, 0.3) is 0 Å². The maximum atomic E-state index is 12.7. The first-order valence-electron chi connectivity index (χ1n) is 9.85. The van der Waals surface area contributed by atoms with E-state index in [1.54, 1.807) is 6.92 Å². The molecule has 1 N–H and O–H groups in total. The first-order chi connectivity index (χ1) is 14.2. The summed E-state index contributed by atoms with van der Waals surface area (Å²) < 4.78 is 29.6. The van der Waals surface area contributed by atoms with Crippen LogP contribution in [-0.4, -0.2) is 51.2 Å². The van der Waals surface area contributed by atoms with Crippen LogP contribution in [0.3, 0.4) is 0 Å². The second kappa shape index (κ2) is 10.8. The molecular weight excluding hydrogens is 424 g/mol. The van der Waals surface area contributed by atoms with E-state index in [-0.39, 0.29) is 28.2 Å². The van der Waals surface area contributed by atoms with Gasteiger partial charge in [-0.05, 0) is 49.7 Å². The van der Waals surface area contributed by atoms with Crippen LogP contribution in [-0.2, 0) is 16.4 Å². The quantitative estimate of drug-likeness (QED) is 0.593. The van der Waals surface area contributed by atoms with Crippen LogP contribution >= 0.6 is 11.6 Å². The molecule has 0 bridgehead atoms. The summed E-state index contributed by atoms with van der Waals surface area (Å²) in [7, 11) is -1.96. The molecule has 0 unspecified atom stereocenters. The molecule has 0 saturated carbocycles. The van der Waals surface area contributed by atoms with E-state index in [0.717, 1.165) is 12.1 Å². The molecule has 2 aromatic rings. The molecule has 0 atom stereocenters. The number of benzene rings is 2. The van der Waals surface area contributed by atoms with Gasteiger partial charge in [0.1, 0.15) is 5.75 Å². The standard InChI is InChI=1S/C22H29ClN2O4S/c1-5-30(27,28)19-10-11-21(29-4)20(14-19)22(26)24-12-13-25(16(2)3)15-17-6-8-18(23)9-7-17/h6-11,14,16H,5,12-13,15H2,1-4H3,(H,24,26). The summed E-state index contributed by atoms with van der Waals surface area (Å²) >= 11 is 5.95. The number of amides is 1. The molecular formula is C22H29ClN2O4S. The van der Waals surface area contributed by atoms with Crippen molar-refractivity contribution < 1.29 is 17.9 Å². The molecule has 0 aliphatic carbocycles. The van der Waals surface area contributed by atoms with Crippen molar-refractivity contribution in [2.24, 2.45) is 0 Å². The van der Waals surface area contributed by atoms with Crippen LogP contribution in [0, 0.1) is 0 Å². The number of hydrogen-bond acceptors (Lipinski definition) is 5. The highest BCUT2D eigenvalue weighted by atomic mass is 35.5. The lowest BCUT2D eigenvalue weighted by Gasteiger charge is -2.26. The van der Waals surface area contributed by atoms with Crippen molar-refractivity contribution in [2.45, 2.75) is 38.3 Å². The molecule has 8 heteroatoms. The largest absolute Gasteiger partial charge is 0.496 e. The van der Waals surface area contributed by atoms with Gasteiger partial charge in [0.15, 0.2) is 9.84 Å². The van der Waals surface area contributed by atoms with E-state index >= 15 is 0 Å². The van der Waals surface area contributed by atoms with E-state index in [1.807, 2.05) is 24.3 Å². The Morgan fingerprint density at radius 2 is 1.83 bits per heavy atom. The van der Waals surface area contributed by atoms with Gasteiger partial charge >= 0.3 is 0 Å². The first kappa shape index (κ1) is 24.2. The van der Waals surface area contributed by atoms with E-state index in [9.17, 15) is 13.2 Å². The molecule has 0 radical (unpaired) electrons. The smallest absolute Gasteiger partial charge is 0.255 e. The van der Waals surface area contributed by atoms with Gasteiger partial charge in [-0.3, -0.25) is 9.69 Å². The average molecular weight is 453 g/mol. The summed E-state index contributed by atoms with van der Waals surface area (Å²) in [5, 5.41) is 3.57. The molecule has 0 spiro atoms. The van der Waals surface area contributed by atoms with Crippen LogP contribution in [0.1, 0.15) is 36.7 Å². The fraction of sp³-hybridized carbons (Fsp3) is 0.409. The predicted molar refractivity (Wildman–Crippen MR) is 120 cm³/mol. The Morgan fingerprint density at radius 3 is 2.40 bits per heavy atom. The minimum atomic E-state index is -3.42. The fourth-order valence-corrected chi connectivity index (χ4v) is 4.01. The highest BCUT2D eigenvalue weighted by Crippen LogP contribution is 2.23. The molecule has 0 fully saturated rings. The highest BCUT2D eigenvalue weighted by Gasteiger charge is 2.19. The van der Waals surface area contributed by atoms with Crippen molar-refractivity contribution in [2.75, 3.05) is 26.0 Å². The molecule has 1 amide bonds. The number of ether oxygens (including phenoxy) is 1. The number of nitrogens with one attached hydrogen (secondary N) is 1. The summed E-state index contributed by atoms with van der Waals surface area (Å²) in [5.41, 5.74) is 1.35. The van der Waals surface area contributed by atoms with E-state index < -0.39 is 9.84 Å². The number of nitrogens with zero attached hydrogens (tertiary/aromatic N) is 1. The van der Waals surface area contributed by atoms with Crippen LogP contribution in [0.15, 0.2) is 47.4 Å². The molecule has 0 saturated heterocycles. The molecule has 0 aliphatic rings. The van der Waals surface area contributed by atoms with E-state index in [1.165, 1.54) is 25.3 Å². The SMILES string of the molecule is CCS(=O)(=O)c1ccc(OC)c(C(=O)NCCN(Cc2ccc(Cl)cc2)C(C)C)c1. The summed E-state index contributed by atoms with van der Waals surface area (Å²) in [5.74, 6) is -0.0614. The maximum absolute atomic E-state index is 12.7. The van der Waals surface area contributed by atoms with Crippen molar-refractivity contribution in [1.82, 2.24) is 10.2 Å². The molecule has 6 nitrogen and oxygen atoms in total. The van der Waals surface area contributed by atoms with Crippen molar-refractivity contribution >= 4 is 27.3 Å². The van der Waals surface area contributed by atoms with E-state index in [4.69, 9.17) is 16.3 Å². The Hall–Kier alpha value is -2.09. The van der Waals surface area contributed by atoms with Crippen molar-refractivity contribution in [3.8, 4) is 5.75 Å². The van der Waals surface area contributed by atoms with Crippen LogP contribution in [0.4, 0.5) is 0 Å². The van der Waals surface area contributed by atoms with Gasteiger partial charge in [0.25, 0.3) is 5.91 Å². The molecule has 164 valence electrons. The minimum absolute atomic E-state index is 0.0333. The lowest BCUT2D eigenvalue weighted by molar-refractivity contribution is 0.0941. The first-order valence-corrected chi connectivity index (χ1v) is 11.9. The molecule has 0 aliphatic heterocycles. The number of methoxy groups -OCH3 is 1. The lowest BCUT2D eigenvalue weighted by Crippen LogP contribution is -2.38. The zero-order chi connectivity index (χ0) is 22.3. The number of carbonyl (C=O) groups is 1. The number of sulfone groups is 1. The van der Waals surface area contributed by atoms with Gasteiger partial charge in [-0.2, -0.15) is 0 Å². The molecule has 2 rings (SSSR count).